The summed E-state index contributed by atoms with van der Waals surface area (Å²) in [6.45, 7) is 5.47. The van der Waals surface area contributed by atoms with Crippen molar-refractivity contribution in [2.24, 2.45) is 5.41 Å². The van der Waals surface area contributed by atoms with Crippen LogP contribution in [-0.4, -0.2) is 67.6 Å². The second kappa shape index (κ2) is 13.2. The second-order valence-corrected chi connectivity index (χ2v) is 15.3. The first kappa shape index (κ1) is 35.1. The number of halogens is 3. The Morgan fingerprint density at radius 2 is 1.70 bits per heavy atom. The molecule has 2 aliphatic heterocycles. The van der Waals surface area contributed by atoms with Gasteiger partial charge in [0, 0.05) is 37.5 Å². The summed E-state index contributed by atoms with van der Waals surface area (Å²) in [5, 5.41) is 12.5. The number of carbonyl (C=O) groups is 1. The minimum Gasteiger partial charge on any atom is -0.480 e. The number of anilines is 2. The number of nitrogens with zero attached hydrogens (tertiary/aromatic N) is 3. The average molecular weight is 710 g/mol. The van der Waals surface area contributed by atoms with Gasteiger partial charge in [-0.25, -0.2) is 8.42 Å². The smallest absolute Gasteiger partial charge is 0.429 e. The third kappa shape index (κ3) is 7.41. The van der Waals surface area contributed by atoms with Gasteiger partial charge >= 0.3 is 12.1 Å². The van der Waals surface area contributed by atoms with Gasteiger partial charge in [0.25, 0.3) is 0 Å². The minimum atomic E-state index is -4.92. The van der Waals surface area contributed by atoms with E-state index in [1.807, 2.05) is 36.9 Å². The number of carboxylic acids is 1. The molecule has 3 aromatic carbocycles. The molecule has 14 heteroatoms. The summed E-state index contributed by atoms with van der Waals surface area (Å²) in [6.07, 6.45) is -4.55. The normalized spacial score (nSPS) is 18.3. The summed E-state index contributed by atoms with van der Waals surface area (Å²) in [4.78, 5) is 21.6. The van der Waals surface area contributed by atoms with Crippen molar-refractivity contribution in [3.63, 3.8) is 0 Å². The number of ether oxygens (including phenoxy) is 1. The molecule has 6 rings (SSSR count). The van der Waals surface area contributed by atoms with Gasteiger partial charge in [0.1, 0.15) is 11.9 Å². The molecule has 264 valence electrons. The molecule has 2 aliphatic rings. The zero-order valence-electron chi connectivity index (χ0n) is 27.8. The first-order valence-corrected chi connectivity index (χ1v) is 18.0. The molecule has 1 spiro atoms. The number of nitrogens with one attached hydrogen (secondary N) is 1. The van der Waals surface area contributed by atoms with Gasteiger partial charge < -0.3 is 25.8 Å². The Labute approximate surface area is 288 Å². The first-order chi connectivity index (χ1) is 23.5. The van der Waals surface area contributed by atoms with Crippen LogP contribution in [-0.2, 0) is 14.6 Å². The fourth-order valence-corrected chi connectivity index (χ4v) is 7.46. The van der Waals surface area contributed by atoms with E-state index in [0.29, 0.717) is 50.3 Å². The van der Waals surface area contributed by atoms with Crippen LogP contribution in [0.2, 0.25) is 0 Å². The third-order valence-electron chi connectivity index (χ3n) is 9.80. The standard InChI is InChI=1S/C36H38F3N5O5S/c1-21-7-8-23(15-22(21)2)24-9-10-27(28(17-24)25-5-4-6-26(16-25)50(3,47)48)32(36(37,38)39)49-31-18-30(42-34(40)43-31)44-13-11-35(12-14-44)19-29(33(45)46)41-20-35/h4-10,15-18,29,32,41H,11-14,19-20H2,1-3H3,(H,45,46)(H2,40,42,43). The van der Waals surface area contributed by atoms with Crippen LogP contribution in [0, 0.1) is 19.3 Å². The molecule has 2 saturated heterocycles. The molecule has 2 unspecified atom stereocenters. The fourth-order valence-electron chi connectivity index (χ4n) is 6.79. The Morgan fingerprint density at radius 1 is 1.00 bits per heavy atom. The van der Waals surface area contributed by atoms with Crippen molar-refractivity contribution < 1.29 is 36.2 Å². The van der Waals surface area contributed by atoms with Crippen LogP contribution in [0.5, 0.6) is 5.88 Å². The quantitative estimate of drug-likeness (QED) is 0.195. The summed E-state index contributed by atoms with van der Waals surface area (Å²) >= 11 is 0. The molecular formula is C36H38F3N5O5S. The number of nitrogen functional groups attached to an aromatic ring is 1. The van der Waals surface area contributed by atoms with Crippen LogP contribution < -0.4 is 20.7 Å². The van der Waals surface area contributed by atoms with Crippen molar-refractivity contribution in [2.45, 2.75) is 56.3 Å². The van der Waals surface area contributed by atoms with Crippen molar-refractivity contribution >= 4 is 27.6 Å². The number of alkyl halides is 3. The maximum Gasteiger partial charge on any atom is 0.429 e. The van der Waals surface area contributed by atoms with E-state index in [2.05, 4.69) is 15.3 Å². The number of piperidine rings is 1. The van der Waals surface area contributed by atoms with E-state index >= 15 is 13.2 Å². The number of hydrogen-bond acceptors (Lipinski definition) is 9. The molecule has 0 radical (unpaired) electrons. The molecule has 0 saturated carbocycles. The van der Waals surface area contributed by atoms with Gasteiger partial charge in [-0.05, 0) is 90.1 Å². The monoisotopic (exact) mass is 709 g/mol. The van der Waals surface area contributed by atoms with Gasteiger partial charge in [-0.3, -0.25) is 4.79 Å². The van der Waals surface area contributed by atoms with Crippen molar-refractivity contribution in [3.8, 4) is 28.1 Å². The highest BCUT2D eigenvalue weighted by Crippen LogP contribution is 2.44. The Hall–Kier alpha value is -4.69. The number of carboxylic acid groups (broad SMARTS) is 1. The topological polar surface area (TPSA) is 148 Å². The van der Waals surface area contributed by atoms with Crippen molar-refractivity contribution in [3.05, 3.63) is 83.4 Å². The third-order valence-corrected chi connectivity index (χ3v) is 10.9. The highest BCUT2D eigenvalue weighted by molar-refractivity contribution is 7.90. The lowest BCUT2D eigenvalue weighted by Gasteiger charge is -2.39. The maximum atomic E-state index is 15.0. The average Bonchev–Trinajstić information content (AvgIpc) is 3.47. The summed E-state index contributed by atoms with van der Waals surface area (Å²) in [6, 6.07) is 16.8. The molecule has 0 bridgehead atoms. The van der Waals surface area contributed by atoms with Crippen LogP contribution in [0.4, 0.5) is 24.9 Å². The van der Waals surface area contributed by atoms with Crippen LogP contribution in [0.15, 0.2) is 71.6 Å². The first-order valence-electron chi connectivity index (χ1n) is 16.1. The Morgan fingerprint density at radius 3 is 2.34 bits per heavy atom. The molecular weight excluding hydrogens is 671 g/mol. The van der Waals surface area contributed by atoms with Crippen LogP contribution in [0.1, 0.15) is 42.1 Å². The molecule has 3 heterocycles. The number of benzene rings is 3. The second-order valence-electron chi connectivity index (χ2n) is 13.3. The van der Waals surface area contributed by atoms with Crippen molar-refractivity contribution in [2.75, 3.05) is 36.5 Å². The van der Waals surface area contributed by atoms with Gasteiger partial charge in [-0.2, -0.15) is 23.1 Å². The Bertz CT molecular complexity index is 2050. The van der Waals surface area contributed by atoms with E-state index < -0.39 is 34.1 Å². The minimum absolute atomic E-state index is 0.0367. The molecule has 4 aromatic rings. The lowest BCUT2D eigenvalue weighted by molar-refractivity contribution is -0.198. The van der Waals surface area contributed by atoms with Crippen molar-refractivity contribution in [1.29, 1.82) is 0 Å². The van der Waals surface area contributed by atoms with Gasteiger partial charge in [0.2, 0.25) is 17.9 Å². The number of rotatable bonds is 8. The van der Waals surface area contributed by atoms with Gasteiger partial charge in [0.05, 0.1) is 4.90 Å². The van der Waals surface area contributed by atoms with Gasteiger partial charge in [-0.15, -0.1) is 0 Å². The van der Waals surface area contributed by atoms with E-state index in [0.717, 1.165) is 22.9 Å². The molecule has 50 heavy (non-hydrogen) atoms. The maximum absolute atomic E-state index is 15.0. The summed E-state index contributed by atoms with van der Waals surface area (Å²) < 4.78 is 75.7. The predicted octanol–water partition coefficient (Wildman–Crippen LogP) is 6.13. The molecule has 0 amide bonds. The number of aryl methyl sites for hydroxylation is 2. The SMILES string of the molecule is Cc1ccc(-c2ccc(C(Oc3cc(N4CCC5(CC4)CNC(C(=O)O)C5)nc(N)n3)C(F)(F)F)c(-c3cccc(S(C)(=O)=O)c3)c2)cc1C. The Kier molecular flexibility index (Phi) is 9.29. The van der Waals surface area contributed by atoms with E-state index in [4.69, 9.17) is 10.5 Å². The summed E-state index contributed by atoms with van der Waals surface area (Å²) in [5.74, 6) is -1.23. The highest BCUT2D eigenvalue weighted by atomic mass is 32.2. The molecule has 1 aromatic heterocycles. The van der Waals surface area contributed by atoms with E-state index in [9.17, 15) is 18.3 Å². The van der Waals surface area contributed by atoms with Crippen LogP contribution >= 0.6 is 0 Å². The van der Waals surface area contributed by atoms with Crippen LogP contribution in [0.25, 0.3) is 22.3 Å². The van der Waals surface area contributed by atoms with E-state index in [-0.39, 0.29) is 38.8 Å². The number of aliphatic carboxylic acids is 1. The summed E-state index contributed by atoms with van der Waals surface area (Å²) in [5.41, 5.74) is 9.48. The number of aromatic nitrogens is 2. The summed E-state index contributed by atoms with van der Waals surface area (Å²) in [7, 11) is -3.67. The number of nitrogens with two attached hydrogens (primary N) is 1. The zero-order chi connectivity index (χ0) is 36.0. The lowest BCUT2D eigenvalue weighted by Crippen LogP contribution is -2.41. The molecule has 10 nitrogen and oxygen atoms in total. The van der Waals surface area contributed by atoms with Crippen molar-refractivity contribution in [1.82, 2.24) is 15.3 Å². The fraction of sp³-hybridized carbons (Fsp3) is 0.361. The predicted molar refractivity (Wildman–Crippen MR) is 184 cm³/mol. The van der Waals surface area contributed by atoms with E-state index in [1.165, 1.54) is 30.3 Å². The molecule has 2 atom stereocenters. The van der Waals surface area contributed by atoms with Crippen LogP contribution in [0.3, 0.4) is 0 Å². The lowest BCUT2D eigenvalue weighted by atomic mass is 9.76. The number of hydrogen-bond donors (Lipinski definition) is 3. The zero-order valence-corrected chi connectivity index (χ0v) is 28.6. The van der Waals surface area contributed by atoms with Gasteiger partial charge in [0.15, 0.2) is 9.84 Å². The molecule has 0 aliphatic carbocycles. The highest BCUT2D eigenvalue weighted by Gasteiger charge is 2.46. The largest absolute Gasteiger partial charge is 0.480 e. The Balaban J connectivity index is 1.36. The molecule has 2 fully saturated rings. The van der Waals surface area contributed by atoms with Gasteiger partial charge in [-0.1, -0.05) is 42.5 Å². The molecule has 4 N–H and O–H groups in total. The number of sulfone groups is 1. The van der Waals surface area contributed by atoms with E-state index in [1.54, 1.807) is 18.2 Å².